The van der Waals surface area contributed by atoms with E-state index in [1.54, 1.807) is 0 Å². The highest BCUT2D eigenvalue weighted by Gasteiger charge is 2.68. The molecule has 232 valence electrons. The third-order valence-corrected chi connectivity index (χ3v) is 13.7. The first kappa shape index (κ1) is 29.1. The molecule has 0 bridgehead atoms. The molecule has 0 aromatic rings. The number of rotatable bonds is 3. The molecule has 3 heterocycles. The highest BCUT2D eigenvalue weighted by atomic mass is 16.7. The Morgan fingerprint density at radius 1 is 1.00 bits per heavy atom. The van der Waals surface area contributed by atoms with Crippen LogP contribution in [0.2, 0.25) is 0 Å². The van der Waals surface area contributed by atoms with Gasteiger partial charge in [0.1, 0.15) is 30.1 Å². The van der Waals surface area contributed by atoms with Crippen LogP contribution in [0.25, 0.3) is 0 Å². The molecule has 3 aliphatic heterocycles. The average Bonchev–Trinajstić information content (AvgIpc) is 3.40. The van der Waals surface area contributed by atoms with E-state index in [0.717, 1.165) is 44.6 Å². The number of fused-ring (bicyclic) bond motifs is 7. The fraction of sp³-hybridized carbons (Fsp3) is 0.939. The first-order chi connectivity index (χ1) is 19.5. The molecular formula is C33H53NO7. The van der Waals surface area contributed by atoms with Crippen molar-refractivity contribution in [1.82, 2.24) is 5.32 Å². The second-order valence-electron chi connectivity index (χ2n) is 15.6. The van der Waals surface area contributed by atoms with Crippen molar-refractivity contribution in [2.75, 3.05) is 13.2 Å². The molecule has 7 rings (SSSR count). The lowest BCUT2D eigenvalue weighted by Crippen LogP contribution is -2.60. The maximum Gasteiger partial charge on any atom is 0.186 e. The number of piperidine rings is 1. The van der Waals surface area contributed by atoms with Crippen molar-refractivity contribution in [3.05, 3.63) is 11.6 Å². The van der Waals surface area contributed by atoms with E-state index in [9.17, 15) is 20.4 Å². The molecule has 2 unspecified atom stereocenters. The Labute approximate surface area is 245 Å². The van der Waals surface area contributed by atoms with Gasteiger partial charge in [0.15, 0.2) is 6.29 Å². The number of ether oxygens (including phenoxy) is 3. The molecule has 0 amide bonds. The summed E-state index contributed by atoms with van der Waals surface area (Å²) in [5.41, 5.74) is 1.86. The molecule has 6 fully saturated rings. The Bertz CT molecular complexity index is 1030. The number of aliphatic hydroxyl groups excluding tert-OH is 4. The minimum Gasteiger partial charge on any atom is -0.394 e. The second kappa shape index (κ2) is 10.2. The zero-order valence-corrected chi connectivity index (χ0v) is 25.4. The van der Waals surface area contributed by atoms with Gasteiger partial charge >= 0.3 is 0 Å². The number of aliphatic hydroxyl groups is 4. The van der Waals surface area contributed by atoms with Crippen LogP contribution in [0.3, 0.4) is 0 Å². The Kier molecular flexibility index (Phi) is 7.27. The molecule has 4 aliphatic carbocycles. The van der Waals surface area contributed by atoms with Crippen molar-refractivity contribution in [2.24, 2.45) is 46.3 Å². The van der Waals surface area contributed by atoms with Crippen LogP contribution < -0.4 is 5.32 Å². The maximum atomic E-state index is 10.5. The largest absolute Gasteiger partial charge is 0.394 e. The van der Waals surface area contributed by atoms with Crippen molar-refractivity contribution in [2.45, 2.75) is 134 Å². The molecule has 3 saturated carbocycles. The smallest absolute Gasteiger partial charge is 0.186 e. The third kappa shape index (κ3) is 4.29. The summed E-state index contributed by atoms with van der Waals surface area (Å²) in [5, 5.41) is 44.3. The standard InChI is InChI=1S/C33H53NO7/c1-17-7-12-33(34-15-17)18(2)26-24(41-33)14-23-21-6-5-19-13-20(8-10-31(19,3)22(21)9-11-32(23,26)4)39-30-29(38)28(37)27(36)25(16-35)40-30/h5,17-18,20-30,34-38H,6-16H2,1-4H3/t17-,18+,20+,21-,22+,23?,24+,25-,26?,27-,28+,29-,30+,31+,32+,33-/m1/s1. The van der Waals surface area contributed by atoms with Gasteiger partial charge < -0.3 is 34.6 Å². The van der Waals surface area contributed by atoms with E-state index in [4.69, 9.17) is 14.2 Å². The van der Waals surface area contributed by atoms with Gasteiger partial charge in [0.2, 0.25) is 0 Å². The van der Waals surface area contributed by atoms with Crippen LogP contribution in [0.15, 0.2) is 11.6 Å². The molecule has 7 aliphatic rings. The first-order valence-electron chi connectivity index (χ1n) is 16.6. The lowest BCUT2D eigenvalue weighted by Gasteiger charge is -2.59. The van der Waals surface area contributed by atoms with Gasteiger partial charge in [0.25, 0.3) is 0 Å². The van der Waals surface area contributed by atoms with E-state index < -0.39 is 37.3 Å². The lowest BCUT2D eigenvalue weighted by molar-refractivity contribution is -0.313. The number of nitrogens with one attached hydrogen (secondary N) is 1. The van der Waals surface area contributed by atoms with Crippen molar-refractivity contribution in [1.29, 1.82) is 0 Å². The predicted molar refractivity (Wildman–Crippen MR) is 152 cm³/mol. The fourth-order valence-electron chi connectivity index (χ4n) is 11.3. The van der Waals surface area contributed by atoms with Crippen LogP contribution in [-0.4, -0.2) is 82.2 Å². The summed E-state index contributed by atoms with van der Waals surface area (Å²) in [6.07, 6.45) is 6.64. The van der Waals surface area contributed by atoms with Crippen molar-refractivity contribution >= 4 is 0 Å². The normalized spacial score (nSPS) is 58.3. The van der Waals surface area contributed by atoms with Crippen molar-refractivity contribution < 1.29 is 34.6 Å². The maximum absolute atomic E-state index is 10.5. The van der Waals surface area contributed by atoms with Gasteiger partial charge in [-0.15, -0.1) is 0 Å². The molecule has 8 heteroatoms. The van der Waals surface area contributed by atoms with Gasteiger partial charge in [0, 0.05) is 12.5 Å². The van der Waals surface area contributed by atoms with E-state index in [-0.39, 0.29) is 17.2 Å². The monoisotopic (exact) mass is 575 g/mol. The summed E-state index contributed by atoms with van der Waals surface area (Å²) in [6.45, 7) is 10.5. The summed E-state index contributed by atoms with van der Waals surface area (Å²) in [7, 11) is 0. The van der Waals surface area contributed by atoms with E-state index in [0.29, 0.717) is 41.1 Å². The minimum atomic E-state index is -1.41. The minimum absolute atomic E-state index is 0.113. The van der Waals surface area contributed by atoms with Gasteiger partial charge in [-0.25, -0.2) is 0 Å². The Balaban J connectivity index is 1.05. The molecule has 41 heavy (non-hydrogen) atoms. The third-order valence-electron chi connectivity index (χ3n) is 13.7. The van der Waals surface area contributed by atoms with E-state index >= 15 is 0 Å². The van der Waals surface area contributed by atoms with Gasteiger partial charge in [0.05, 0.1) is 18.8 Å². The summed E-state index contributed by atoms with van der Waals surface area (Å²) in [4.78, 5) is 0. The molecular weight excluding hydrogens is 522 g/mol. The van der Waals surface area contributed by atoms with E-state index in [1.807, 2.05) is 0 Å². The topological polar surface area (TPSA) is 121 Å². The summed E-state index contributed by atoms with van der Waals surface area (Å²) < 4.78 is 18.9. The predicted octanol–water partition coefficient (Wildman–Crippen LogP) is 3.11. The molecule has 0 aromatic heterocycles. The number of hydrogen-bond donors (Lipinski definition) is 5. The zero-order chi connectivity index (χ0) is 28.9. The van der Waals surface area contributed by atoms with Gasteiger partial charge in [-0.05, 0) is 98.2 Å². The molecule has 16 atom stereocenters. The number of hydrogen-bond acceptors (Lipinski definition) is 8. The van der Waals surface area contributed by atoms with Gasteiger partial charge in [-0.3, -0.25) is 5.32 Å². The van der Waals surface area contributed by atoms with Gasteiger partial charge in [-0.2, -0.15) is 0 Å². The molecule has 8 nitrogen and oxygen atoms in total. The molecule has 5 N–H and O–H groups in total. The molecule has 0 radical (unpaired) electrons. The fourth-order valence-corrected chi connectivity index (χ4v) is 11.3. The Morgan fingerprint density at radius 2 is 1.80 bits per heavy atom. The van der Waals surface area contributed by atoms with Crippen LogP contribution in [0.5, 0.6) is 0 Å². The van der Waals surface area contributed by atoms with Crippen LogP contribution in [0, 0.1) is 46.3 Å². The van der Waals surface area contributed by atoms with E-state index in [1.165, 1.54) is 31.3 Å². The Hall–Kier alpha value is -0.580. The average molecular weight is 576 g/mol. The quantitative estimate of drug-likeness (QED) is 0.326. The molecule has 0 aromatic carbocycles. The Morgan fingerprint density at radius 3 is 2.54 bits per heavy atom. The number of allylic oxidation sites excluding steroid dienone is 1. The second-order valence-corrected chi connectivity index (χ2v) is 15.6. The molecule has 3 saturated heterocycles. The summed E-state index contributed by atoms with van der Waals surface area (Å²) >= 11 is 0. The van der Waals surface area contributed by atoms with Crippen LogP contribution in [-0.2, 0) is 14.2 Å². The van der Waals surface area contributed by atoms with Crippen molar-refractivity contribution in [3.63, 3.8) is 0 Å². The van der Waals surface area contributed by atoms with Crippen LogP contribution in [0.4, 0.5) is 0 Å². The van der Waals surface area contributed by atoms with Gasteiger partial charge in [-0.1, -0.05) is 39.3 Å². The highest BCUT2D eigenvalue weighted by Crippen LogP contribution is 2.70. The van der Waals surface area contributed by atoms with Crippen molar-refractivity contribution in [3.8, 4) is 0 Å². The summed E-state index contributed by atoms with van der Waals surface area (Å²) in [6, 6.07) is 0. The van der Waals surface area contributed by atoms with Crippen LogP contribution >= 0.6 is 0 Å². The lowest BCUT2D eigenvalue weighted by atomic mass is 9.47. The highest BCUT2D eigenvalue weighted by molar-refractivity contribution is 5.26. The van der Waals surface area contributed by atoms with E-state index in [2.05, 4.69) is 39.1 Å². The molecule has 1 spiro atoms. The zero-order valence-electron chi connectivity index (χ0n) is 25.4. The summed E-state index contributed by atoms with van der Waals surface area (Å²) in [5.74, 6) is 3.99. The van der Waals surface area contributed by atoms with Crippen LogP contribution in [0.1, 0.15) is 85.5 Å². The first-order valence-corrected chi connectivity index (χ1v) is 16.6. The SMILES string of the molecule is C[C@@H]1CC[C@@]2(NC1)O[C@H]1CC3[C@@H]4CC=C5C[C@@H](O[C@H]6O[C@H](CO)[C@@H](O)[C@H](O)[C@H]6O)CC[C@]5(C)[C@H]4CC[C@]3(C)C1[C@@H]2C.